The number of benzene rings is 1. The molecule has 5 nitrogen and oxygen atoms in total. The Bertz CT molecular complexity index is 566. The Hall–Kier alpha value is -0.720. The number of carbonyl (C=O) groups excluding carboxylic acids is 1. The van der Waals surface area contributed by atoms with Crippen molar-refractivity contribution in [2.45, 2.75) is 31.7 Å². The lowest BCUT2D eigenvalue weighted by atomic mass is 9.85. The zero-order chi connectivity index (χ0) is 17.6. The molecule has 1 aliphatic carbocycles. The number of amides is 1. The van der Waals surface area contributed by atoms with Gasteiger partial charge in [0, 0.05) is 49.7 Å². The number of hydrogen-bond donors (Lipinski definition) is 1. The normalized spacial score (nSPS) is 23.1. The van der Waals surface area contributed by atoms with E-state index in [0.29, 0.717) is 17.5 Å². The first-order chi connectivity index (χ1) is 12.1. The van der Waals surface area contributed by atoms with E-state index in [1.165, 1.54) is 0 Å². The second kappa shape index (κ2) is 12.0. The fraction of sp³-hybridized carbons (Fsp3) is 0.632. The molecular weight excluding hydrogens is 409 g/mol. The Morgan fingerprint density at radius 3 is 2.41 bits per heavy atom. The van der Waals surface area contributed by atoms with Gasteiger partial charge < -0.3 is 15.4 Å². The summed E-state index contributed by atoms with van der Waals surface area (Å²) in [6.45, 7) is 4.96. The van der Waals surface area contributed by atoms with E-state index in [4.69, 9.17) is 22.1 Å². The number of carbonyl (C=O) groups is 1. The molecule has 1 amide bonds. The average molecular weight is 439 g/mol. The van der Waals surface area contributed by atoms with Gasteiger partial charge in [0.2, 0.25) is 5.91 Å². The molecule has 1 saturated carbocycles. The lowest BCUT2D eigenvalue weighted by Crippen LogP contribution is -2.51. The molecule has 0 aromatic heterocycles. The molecule has 2 atom stereocenters. The van der Waals surface area contributed by atoms with Gasteiger partial charge in [0.25, 0.3) is 0 Å². The zero-order valence-electron chi connectivity index (χ0n) is 15.5. The number of ether oxygens (including phenoxy) is 1. The summed E-state index contributed by atoms with van der Waals surface area (Å²) in [5.74, 6) is 1.29. The molecule has 1 aromatic carbocycles. The van der Waals surface area contributed by atoms with Gasteiger partial charge in [-0.1, -0.05) is 18.0 Å². The predicted octanol–water partition coefficient (Wildman–Crippen LogP) is 3.22. The van der Waals surface area contributed by atoms with Crippen molar-refractivity contribution in [3.05, 3.63) is 29.3 Å². The summed E-state index contributed by atoms with van der Waals surface area (Å²) < 4.78 is 5.75. The van der Waals surface area contributed by atoms with Gasteiger partial charge in [-0.05, 0) is 43.5 Å². The van der Waals surface area contributed by atoms with Gasteiger partial charge in [0.05, 0.1) is 0 Å². The molecule has 2 fully saturated rings. The minimum atomic E-state index is 0. The van der Waals surface area contributed by atoms with E-state index in [1.807, 2.05) is 29.2 Å². The molecule has 0 spiro atoms. The van der Waals surface area contributed by atoms with Gasteiger partial charge in [0.1, 0.15) is 12.4 Å². The maximum atomic E-state index is 12.6. The predicted molar refractivity (Wildman–Crippen MR) is 114 cm³/mol. The van der Waals surface area contributed by atoms with Crippen LogP contribution in [0.3, 0.4) is 0 Å². The van der Waals surface area contributed by atoms with E-state index < -0.39 is 0 Å². The molecule has 2 aliphatic rings. The smallest absolute Gasteiger partial charge is 0.225 e. The number of hydrogen-bond acceptors (Lipinski definition) is 4. The van der Waals surface area contributed by atoms with Gasteiger partial charge in [-0.2, -0.15) is 0 Å². The average Bonchev–Trinajstić information content (AvgIpc) is 2.63. The van der Waals surface area contributed by atoms with E-state index in [1.54, 1.807) is 0 Å². The lowest BCUT2D eigenvalue weighted by Gasteiger charge is -2.37. The third-order valence-electron chi connectivity index (χ3n) is 5.24. The van der Waals surface area contributed by atoms with E-state index in [-0.39, 0.29) is 36.8 Å². The van der Waals surface area contributed by atoms with Crippen molar-refractivity contribution in [2.24, 2.45) is 11.7 Å². The first kappa shape index (κ1) is 24.3. The molecule has 8 heteroatoms. The van der Waals surface area contributed by atoms with Crippen LogP contribution < -0.4 is 10.5 Å². The Balaban J connectivity index is 0.00000182. The minimum Gasteiger partial charge on any atom is -0.492 e. The van der Waals surface area contributed by atoms with Crippen LogP contribution in [-0.2, 0) is 4.79 Å². The van der Waals surface area contributed by atoms with Crippen LogP contribution in [0, 0.1) is 5.92 Å². The summed E-state index contributed by atoms with van der Waals surface area (Å²) in [6.07, 6.45) is 4.00. The molecular formula is C19H30Cl3N3O2. The third-order valence-corrected chi connectivity index (χ3v) is 5.49. The zero-order valence-corrected chi connectivity index (χ0v) is 17.9. The summed E-state index contributed by atoms with van der Waals surface area (Å²) in [5, 5.41) is 0.715. The summed E-state index contributed by atoms with van der Waals surface area (Å²) in [5.41, 5.74) is 6.03. The van der Waals surface area contributed by atoms with E-state index in [0.717, 1.165) is 64.2 Å². The lowest BCUT2D eigenvalue weighted by molar-refractivity contribution is -0.138. The van der Waals surface area contributed by atoms with Crippen LogP contribution in [0.2, 0.25) is 5.02 Å². The molecule has 1 heterocycles. The highest BCUT2D eigenvalue weighted by molar-refractivity contribution is 6.30. The molecule has 3 rings (SSSR count). The van der Waals surface area contributed by atoms with Crippen LogP contribution in [0.1, 0.15) is 25.7 Å². The van der Waals surface area contributed by atoms with Crippen molar-refractivity contribution in [1.29, 1.82) is 0 Å². The van der Waals surface area contributed by atoms with Crippen LogP contribution in [0.25, 0.3) is 0 Å². The number of nitrogens with zero attached hydrogens (tertiary/aromatic N) is 2. The fourth-order valence-corrected chi connectivity index (χ4v) is 3.85. The maximum Gasteiger partial charge on any atom is 0.225 e. The van der Waals surface area contributed by atoms with Crippen molar-refractivity contribution in [1.82, 2.24) is 9.80 Å². The third kappa shape index (κ3) is 7.31. The molecule has 27 heavy (non-hydrogen) atoms. The molecule has 2 unspecified atom stereocenters. The topological polar surface area (TPSA) is 58.8 Å². The fourth-order valence-electron chi connectivity index (χ4n) is 3.73. The van der Waals surface area contributed by atoms with E-state index in [9.17, 15) is 4.79 Å². The summed E-state index contributed by atoms with van der Waals surface area (Å²) in [4.78, 5) is 17.0. The second-order valence-corrected chi connectivity index (χ2v) is 7.53. The van der Waals surface area contributed by atoms with Crippen molar-refractivity contribution in [2.75, 3.05) is 39.3 Å². The first-order valence-corrected chi connectivity index (χ1v) is 9.64. The van der Waals surface area contributed by atoms with Gasteiger partial charge in [-0.3, -0.25) is 9.69 Å². The Morgan fingerprint density at radius 1 is 1.11 bits per heavy atom. The maximum absolute atomic E-state index is 12.6. The highest BCUT2D eigenvalue weighted by Gasteiger charge is 2.30. The van der Waals surface area contributed by atoms with Gasteiger partial charge in [-0.15, -0.1) is 24.8 Å². The highest BCUT2D eigenvalue weighted by Crippen LogP contribution is 2.25. The summed E-state index contributed by atoms with van der Waals surface area (Å²) >= 11 is 5.87. The van der Waals surface area contributed by atoms with Crippen molar-refractivity contribution >= 4 is 42.3 Å². The Morgan fingerprint density at radius 2 is 1.78 bits per heavy atom. The van der Waals surface area contributed by atoms with Gasteiger partial charge in [0.15, 0.2) is 0 Å². The summed E-state index contributed by atoms with van der Waals surface area (Å²) in [7, 11) is 0. The summed E-state index contributed by atoms with van der Waals surface area (Å²) in [6, 6.07) is 7.63. The van der Waals surface area contributed by atoms with Crippen LogP contribution in [0.15, 0.2) is 24.3 Å². The molecule has 1 saturated heterocycles. The van der Waals surface area contributed by atoms with Gasteiger partial charge >= 0.3 is 0 Å². The molecule has 2 N–H and O–H groups in total. The first-order valence-electron chi connectivity index (χ1n) is 9.27. The molecule has 1 aliphatic heterocycles. The number of piperazine rings is 1. The molecule has 0 radical (unpaired) electrons. The quantitative estimate of drug-likeness (QED) is 0.767. The SMILES string of the molecule is Cl.Cl.NC1CCCC(C(=O)N2CCN(CCOc3ccc(Cl)cc3)CC2)C1. The van der Waals surface area contributed by atoms with Gasteiger partial charge in [-0.25, -0.2) is 0 Å². The second-order valence-electron chi connectivity index (χ2n) is 7.09. The standard InChI is InChI=1S/C19H28ClN3O2.2ClH/c20-16-4-6-18(7-5-16)25-13-12-22-8-10-23(11-9-22)19(24)15-2-1-3-17(21)14-15;;/h4-7,15,17H,1-3,8-14,21H2;2*1H. The monoisotopic (exact) mass is 437 g/mol. The molecule has 1 aromatic rings. The van der Waals surface area contributed by atoms with Crippen molar-refractivity contribution < 1.29 is 9.53 Å². The van der Waals surface area contributed by atoms with Crippen LogP contribution >= 0.6 is 36.4 Å². The van der Waals surface area contributed by atoms with Crippen LogP contribution in [0.4, 0.5) is 0 Å². The molecule has 154 valence electrons. The van der Waals surface area contributed by atoms with E-state index in [2.05, 4.69) is 4.90 Å². The van der Waals surface area contributed by atoms with E-state index >= 15 is 0 Å². The van der Waals surface area contributed by atoms with Crippen molar-refractivity contribution in [3.8, 4) is 5.75 Å². The highest BCUT2D eigenvalue weighted by atomic mass is 35.5. The number of halogens is 3. The Labute approximate surface area is 179 Å². The van der Waals surface area contributed by atoms with Crippen molar-refractivity contribution in [3.63, 3.8) is 0 Å². The minimum absolute atomic E-state index is 0. The molecule has 0 bridgehead atoms. The largest absolute Gasteiger partial charge is 0.492 e. The van der Waals surface area contributed by atoms with Crippen LogP contribution in [-0.4, -0.2) is 61.1 Å². The number of nitrogens with two attached hydrogens (primary N) is 1. The van der Waals surface area contributed by atoms with Crippen LogP contribution in [0.5, 0.6) is 5.75 Å². The number of rotatable bonds is 5. The Kier molecular flexibility index (Phi) is 10.8.